The maximum Gasteiger partial charge on any atom is 0.462 e. The van der Waals surface area contributed by atoms with Gasteiger partial charge >= 0.3 is 18.1 Å². The Morgan fingerprint density at radius 3 is 2.27 bits per heavy atom. The van der Waals surface area contributed by atoms with E-state index in [1.165, 1.54) is 6.07 Å². The van der Waals surface area contributed by atoms with Gasteiger partial charge in [0.1, 0.15) is 5.75 Å². The Bertz CT molecular complexity index is 803. The molecule has 0 heterocycles. The highest BCUT2D eigenvalue weighted by Gasteiger charge is 2.73. The maximum absolute atomic E-state index is 13.2. The van der Waals surface area contributed by atoms with Gasteiger partial charge in [-0.25, -0.2) is 5.43 Å². The number of nitrogens with zero attached hydrogens (tertiary/aromatic N) is 1. The number of rotatable bonds is 6. The van der Waals surface area contributed by atoms with E-state index in [2.05, 4.69) is 5.10 Å². The molecule has 0 aliphatic rings. The molecule has 0 bridgehead atoms. The quantitative estimate of drug-likeness (QED) is 0.332. The van der Waals surface area contributed by atoms with Gasteiger partial charge in [0, 0.05) is 5.56 Å². The number of ether oxygens (including phenoxy) is 1. The molecule has 142 valence electrons. The molecule has 0 fully saturated rings. The first-order valence-corrected chi connectivity index (χ1v) is 7.28. The lowest BCUT2D eigenvalue weighted by Crippen LogP contribution is -2.58. The molecule has 0 atom stereocenters. The summed E-state index contributed by atoms with van der Waals surface area (Å²) < 4.78 is 93.8. The van der Waals surface area contributed by atoms with E-state index in [1.54, 1.807) is 37.3 Å². The number of fused-ring (bicyclic) bond motifs is 1. The molecule has 0 amide bonds. The molecule has 0 spiro atoms. The molecule has 0 saturated heterocycles. The van der Waals surface area contributed by atoms with Gasteiger partial charge in [0.05, 0.1) is 12.8 Å². The predicted molar refractivity (Wildman–Crippen MR) is 81.8 cm³/mol. The van der Waals surface area contributed by atoms with Gasteiger partial charge < -0.3 is 4.74 Å². The highest BCUT2D eigenvalue weighted by Crippen LogP contribution is 2.45. The summed E-state index contributed by atoms with van der Waals surface area (Å²) in [4.78, 5) is 0. The molecule has 0 unspecified atom stereocenters. The van der Waals surface area contributed by atoms with Crippen LogP contribution in [0, 0.1) is 0 Å². The van der Waals surface area contributed by atoms with Gasteiger partial charge in [0.2, 0.25) is 0 Å². The van der Waals surface area contributed by atoms with Crippen molar-refractivity contribution in [3.63, 3.8) is 0 Å². The third-order valence-electron chi connectivity index (χ3n) is 3.38. The Morgan fingerprint density at radius 1 is 1.00 bits per heavy atom. The molecular weight excluding hydrogens is 369 g/mol. The normalized spacial score (nSPS) is 13.4. The average Bonchev–Trinajstić information content (AvgIpc) is 2.55. The van der Waals surface area contributed by atoms with Crippen molar-refractivity contribution in [2.24, 2.45) is 5.10 Å². The second-order valence-corrected chi connectivity index (χ2v) is 5.15. The summed E-state index contributed by atoms with van der Waals surface area (Å²) in [7, 11) is 0. The number of halogens is 7. The monoisotopic (exact) mass is 382 g/mol. The Labute approximate surface area is 143 Å². The van der Waals surface area contributed by atoms with Crippen LogP contribution in [0.5, 0.6) is 5.75 Å². The van der Waals surface area contributed by atoms with Gasteiger partial charge in [-0.15, -0.1) is 0 Å². The van der Waals surface area contributed by atoms with Gasteiger partial charge in [-0.3, -0.25) is 0 Å². The van der Waals surface area contributed by atoms with E-state index >= 15 is 0 Å². The van der Waals surface area contributed by atoms with Gasteiger partial charge in [0.25, 0.3) is 0 Å². The third-order valence-corrected chi connectivity index (χ3v) is 3.38. The number of hydrogen-bond donors (Lipinski definition) is 1. The lowest BCUT2D eigenvalue weighted by atomic mass is 10.0. The van der Waals surface area contributed by atoms with Crippen molar-refractivity contribution in [1.29, 1.82) is 0 Å². The van der Waals surface area contributed by atoms with Crippen molar-refractivity contribution < 1.29 is 35.5 Å². The fraction of sp³-hybridized carbons (Fsp3) is 0.312. The van der Waals surface area contributed by atoms with E-state index < -0.39 is 18.1 Å². The lowest BCUT2D eigenvalue weighted by molar-refractivity contribution is -0.361. The topological polar surface area (TPSA) is 33.6 Å². The zero-order chi connectivity index (χ0) is 19.6. The summed E-state index contributed by atoms with van der Waals surface area (Å²) in [5, 5.41) is 4.07. The van der Waals surface area contributed by atoms with Gasteiger partial charge in [-0.05, 0) is 23.8 Å². The molecule has 1 N–H and O–H groups in total. The van der Waals surface area contributed by atoms with Crippen molar-refractivity contribution in [2.75, 3.05) is 6.61 Å². The van der Waals surface area contributed by atoms with E-state index in [0.717, 1.165) is 0 Å². The zero-order valence-corrected chi connectivity index (χ0v) is 13.2. The van der Waals surface area contributed by atoms with Crippen LogP contribution in [0.3, 0.4) is 0 Å². The van der Waals surface area contributed by atoms with Crippen LogP contribution in [0.4, 0.5) is 30.7 Å². The van der Waals surface area contributed by atoms with E-state index in [-0.39, 0.29) is 17.9 Å². The number of benzene rings is 2. The summed E-state index contributed by atoms with van der Waals surface area (Å²) in [5.41, 5.74) is 0.755. The average molecular weight is 382 g/mol. The van der Waals surface area contributed by atoms with Gasteiger partial charge in [-0.2, -0.15) is 35.8 Å². The minimum atomic E-state index is -6.44. The van der Waals surface area contributed by atoms with Gasteiger partial charge in [-0.1, -0.05) is 30.3 Å². The van der Waals surface area contributed by atoms with Crippen LogP contribution < -0.4 is 10.2 Å². The van der Waals surface area contributed by atoms with Crippen molar-refractivity contribution in [3.05, 3.63) is 42.0 Å². The van der Waals surface area contributed by atoms with Crippen molar-refractivity contribution in [1.82, 2.24) is 5.43 Å². The molecule has 0 radical (unpaired) electrons. The predicted octanol–water partition coefficient (Wildman–Crippen LogP) is 4.95. The molecule has 26 heavy (non-hydrogen) atoms. The van der Waals surface area contributed by atoms with E-state index in [9.17, 15) is 30.7 Å². The first kappa shape index (κ1) is 19.8. The third kappa shape index (κ3) is 3.68. The molecule has 0 saturated carbocycles. The van der Waals surface area contributed by atoms with Crippen LogP contribution in [0.2, 0.25) is 0 Å². The summed E-state index contributed by atoms with van der Waals surface area (Å²) in [5.74, 6) is -6.08. The molecule has 3 nitrogen and oxygen atoms in total. The van der Waals surface area contributed by atoms with Crippen molar-refractivity contribution in [3.8, 4) is 5.75 Å². The molecule has 0 aliphatic carbocycles. The molecule has 2 aromatic carbocycles. The molecule has 2 aromatic rings. The van der Waals surface area contributed by atoms with E-state index in [4.69, 9.17) is 4.74 Å². The highest BCUT2D eigenvalue weighted by molar-refractivity contribution is 6.02. The van der Waals surface area contributed by atoms with Crippen LogP contribution in [-0.2, 0) is 0 Å². The van der Waals surface area contributed by atoms with Gasteiger partial charge in [0.15, 0.2) is 0 Å². The fourth-order valence-electron chi connectivity index (χ4n) is 2.12. The number of nitrogens with one attached hydrogen (secondary N) is 1. The summed E-state index contributed by atoms with van der Waals surface area (Å²) >= 11 is 0. The van der Waals surface area contributed by atoms with Crippen molar-refractivity contribution >= 4 is 17.0 Å². The van der Waals surface area contributed by atoms with Crippen molar-refractivity contribution in [2.45, 2.75) is 25.1 Å². The molecular formula is C16H13F7N2O. The van der Waals surface area contributed by atoms with Crippen LogP contribution in [0.1, 0.15) is 12.5 Å². The minimum absolute atomic E-state index is 0.156. The Hall–Kier alpha value is -2.52. The Morgan fingerprint density at radius 2 is 1.65 bits per heavy atom. The van der Waals surface area contributed by atoms with Crippen LogP contribution in [-0.4, -0.2) is 31.0 Å². The van der Waals surface area contributed by atoms with E-state index in [0.29, 0.717) is 22.4 Å². The largest absolute Gasteiger partial charge is 0.493 e. The summed E-state index contributed by atoms with van der Waals surface area (Å²) in [6, 6.07) is 4.20. The summed E-state index contributed by atoms with van der Waals surface area (Å²) in [6.07, 6.45) is -5.72. The molecule has 0 aromatic heterocycles. The Balaban J connectivity index is 2.37. The summed E-state index contributed by atoms with van der Waals surface area (Å²) in [6.45, 7) is 1.88. The Kier molecular flexibility index (Phi) is 5.33. The lowest BCUT2D eigenvalue weighted by Gasteiger charge is -2.27. The number of hydrazone groups is 1. The fourth-order valence-corrected chi connectivity index (χ4v) is 2.12. The minimum Gasteiger partial charge on any atom is -0.493 e. The molecule has 2 rings (SSSR count). The van der Waals surface area contributed by atoms with Crippen LogP contribution in [0.25, 0.3) is 10.8 Å². The highest BCUT2D eigenvalue weighted by atomic mass is 19.4. The van der Waals surface area contributed by atoms with Crippen LogP contribution >= 0.6 is 0 Å². The second kappa shape index (κ2) is 7.00. The second-order valence-electron chi connectivity index (χ2n) is 5.15. The first-order valence-electron chi connectivity index (χ1n) is 7.28. The standard InChI is InChI=1S/C16H13F7N2O/c1-2-26-13-8-7-10-5-3-4-6-11(10)12(13)9-24-25-16(22,23)14(17,18)15(19,20)21/h3-9,25H,2H2,1H3/b24-9+. The SMILES string of the molecule is CCOc1ccc2ccccc2c1/C=N/NC(F)(F)C(F)(F)C(F)(F)F. The maximum atomic E-state index is 13.2. The smallest absolute Gasteiger partial charge is 0.462 e. The van der Waals surface area contributed by atoms with E-state index in [1.807, 2.05) is 0 Å². The number of hydrogen-bond acceptors (Lipinski definition) is 3. The van der Waals surface area contributed by atoms with Crippen LogP contribution in [0.15, 0.2) is 41.5 Å². The number of alkyl halides is 7. The molecule has 10 heteroatoms. The molecule has 0 aliphatic heterocycles. The zero-order valence-electron chi connectivity index (χ0n) is 13.2. The first-order chi connectivity index (χ1) is 12.0.